The van der Waals surface area contributed by atoms with Crippen LogP contribution in [0.25, 0.3) is 0 Å². The molecule has 9 heteroatoms. The van der Waals surface area contributed by atoms with Gasteiger partial charge in [0.2, 0.25) is 10.0 Å². The zero-order valence-corrected chi connectivity index (χ0v) is 11.3. The molecule has 1 aliphatic rings. The van der Waals surface area contributed by atoms with E-state index in [9.17, 15) is 13.2 Å². The summed E-state index contributed by atoms with van der Waals surface area (Å²) in [6.07, 6.45) is 3.01. The molecule has 2 atom stereocenters. The number of aromatic amines is 1. The summed E-state index contributed by atoms with van der Waals surface area (Å²) >= 11 is 0. The van der Waals surface area contributed by atoms with E-state index in [1.165, 1.54) is 13.4 Å². The van der Waals surface area contributed by atoms with E-state index >= 15 is 0 Å². The zero-order chi connectivity index (χ0) is 13.9. The molecule has 0 bridgehead atoms. The third kappa shape index (κ3) is 3.10. The third-order valence-corrected chi connectivity index (χ3v) is 5.17. The molecule has 1 aromatic rings. The Hall–Kier alpha value is -1.48. The zero-order valence-electron chi connectivity index (χ0n) is 10.5. The van der Waals surface area contributed by atoms with Crippen molar-refractivity contribution in [3.8, 4) is 0 Å². The van der Waals surface area contributed by atoms with E-state index in [0.717, 1.165) is 0 Å². The fraction of sp³-hybridized carbons (Fsp3) is 0.700. The van der Waals surface area contributed by atoms with Crippen molar-refractivity contribution in [1.82, 2.24) is 19.9 Å². The van der Waals surface area contributed by atoms with Crippen molar-refractivity contribution in [3.05, 3.63) is 12.2 Å². The maximum Gasteiger partial charge on any atom is 0.310 e. The average Bonchev–Trinajstić information content (AvgIpc) is 3.06. The molecule has 1 aliphatic carbocycles. The van der Waals surface area contributed by atoms with Gasteiger partial charge >= 0.3 is 5.97 Å². The minimum atomic E-state index is -3.58. The van der Waals surface area contributed by atoms with Crippen molar-refractivity contribution >= 4 is 16.0 Å². The first kappa shape index (κ1) is 13.9. The van der Waals surface area contributed by atoms with Gasteiger partial charge in [0.1, 0.15) is 12.2 Å². The third-order valence-electron chi connectivity index (χ3n) is 3.26. The number of hydrogen-bond acceptors (Lipinski definition) is 6. The van der Waals surface area contributed by atoms with Crippen LogP contribution in [-0.4, -0.2) is 41.9 Å². The molecule has 8 nitrogen and oxygen atoms in total. The molecule has 106 valence electrons. The number of sulfonamides is 1. The van der Waals surface area contributed by atoms with Gasteiger partial charge in [-0.1, -0.05) is 6.42 Å². The highest BCUT2D eigenvalue weighted by Gasteiger charge is 2.42. The minimum Gasteiger partial charge on any atom is -0.469 e. The van der Waals surface area contributed by atoms with E-state index in [1.807, 2.05) is 0 Å². The predicted molar refractivity (Wildman–Crippen MR) is 65.3 cm³/mol. The van der Waals surface area contributed by atoms with E-state index in [4.69, 9.17) is 0 Å². The van der Waals surface area contributed by atoms with E-state index in [0.29, 0.717) is 25.1 Å². The topological polar surface area (TPSA) is 114 Å². The van der Waals surface area contributed by atoms with Gasteiger partial charge in [-0.15, -0.1) is 0 Å². The fourth-order valence-electron chi connectivity index (χ4n) is 2.31. The standard InChI is InChI=1S/C10H16N4O4S/c1-18-10(15)7-3-2-4-8(7)19(16,17)13-5-9-11-6-12-14-9/h6-8,13H,2-5H2,1H3,(H,11,12,14). The van der Waals surface area contributed by atoms with Gasteiger partial charge in [-0.2, -0.15) is 5.10 Å². The lowest BCUT2D eigenvalue weighted by Crippen LogP contribution is -2.39. The van der Waals surface area contributed by atoms with Crippen molar-refractivity contribution in [1.29, 1.82) is 0 Å². The minimum absolute atomic E-state index is 0.0345. The first-order valence-electron chi connectivity index (χ1n) is 5.95. The van der Waals surface area contributed by atoms with Crippen molar-refractivity contribution in [2.75, 3.05) is 7.11 Å². The summed E-state index contributed by atoms with van der Waals surface area (Å²) in [7, 11) is -2.31. The normalized spacial score (nSPS) is 23.4. The molecular formula is C10H16N4O4S. The van der Waals surface area contributed by atoms with Crippen molar-refractivity contribution < 1.29 is 17.9 Å². The van der Waals surface area contributed by atoms with Gasteiger partial charge in [-0.25, -0.2) is 18.1 Å². The number of carbonyl (C=O) groups excluding carboxylic acids is 1. The van der Waals surface area contributed by atoms with E-state index in [1.54, 1.807) is 0 Å². The van der Waals surface area contributed by atoms with Crippen molar-refractivity contribution in [2.24, 2.45) is 5.92 Å². The van der Waals surface area contributed by atoms with Gasteiger partial charge in [0.25, 0.3) is 0 Å². The van der Waals surface area contributed by atoms with Crippen LogP contribution < -0.4 is 4.72 Å². The van der Waals surface area contributed by atoms with Crippen LogP contribution in [0.3, 0.4) is 0 Å². The molecule has 1 heterocycles. The molecule has 1 fully saturated rings. The van der Waals surface area contributed by atoms with Gasteiger partial charge in [0, 0.05) is 0 Å². The van der Waals surface area contributed by atoms with Crippen molar-refractivity contribution in [3.63, 3.8) is 0 Å². The van der Waals surface area contributed by atoms with Gasteiger partial charge in [-0.05, 0) is 12.8 Å². The number of nitrogens with zero attached hydrogens (tertiary/aromatic N) is 2. The highest BCUT2D eigenvalue weighted by atomic mass is 32.2. The van der Waals surface area contributed by atoms with E-state index in [2.05, 4.69) is 24.6 Å². The summed E-state index contributed by atoms with van der Waals surface area (Å²) in [4.78, 5) is 15.4. The first-order chi connectivity index (χ1) is 9.04. The molecule has 0 amide bonds. The highest BCUT2D eigenvalue weighted by Crippen LogP contribution is 2.31. The average molecular weight is 288 g/mol. The Labute approximate surface area is 111 Å². The largest absolute Gasteiger partial charge is 0.469 e. The lowest BCUT2D eigenvalue weighted by molar-refractivity contribution is -0.145. The van der Waals surface area contributed by atoms with Crippen LogP contribution >= 0.6 is 0 Å². The summed E-state index contributed by atoms with van der Waals surface area (Å²) in [6.45, 7) is 0.0345. The fourth-order valence-corrected chi connectivity index (χ4v) is 4.02. The Bertz CT molecular complexity index is 528. The molecule has 0 aromatic carbocycles. The maximum atomic E-state index is 12.2. The first-order valence-corrected chi connectivity index (χ1v) is 7.50. The number of aromatic nitrogens is 3. The Morgan fingerprint density at radius 2 is 2.37 bits per heavy atom. The lowest BCUT2D eigenvalue weighted by Gasteiger charge is -2.18. The maximum absolute atomic E-state index is 12.2. The van der Waals surface area contributed by atoms with Crippen LogP contribution in [0, 0.1) is 5.92 Å². The second-order valence-corrected chi connectivity index (χ2v) is 6.38. The molecule has 2 N–H and O–H groups in total. The number of esters is 1. The van der Waals surface area contributed by atoms with Gasteiger partial charge in [0.15, 0.2) is 0 Å². The van der Waals surface area contributed by atoms with Crippen LogP contribution in [0.5, 0.6) is 0 Å². The number of hydrogen-bond donors (Lipinski definition) is 2. The summed E-state index contributed by atoms with van der Waals surface area (Å²) in [5.41, 5.74) is 0. The second-order valence-electron chi connectivity index (χ2n) is 4.40. The lowest BCUT2D eigenvalue weighted by atomic mass is 10.1. The molecular weight excluding hydrogens is 272 g/mol. The van der Waals surface area contributed by atoms with Crippen molar-refractivity contribution in [2.45, 2.75) is 31.1 Å². The molecule has 1 saturated carbocycles. The smallest absolute Gasteiger partial charge is 0.310 e. The summed E-state index contributed by atoms with van der Waals surface area (Å²) < 4.78 is 31.4. The van der Waals surface area contributed by atoms with E-state index in [-0.39, 0.29) is 6.54 Å². The predicted octanol–water partition coefficient (Wildman–Crippen LogP) is -0.434. The van der Waals surface area contributed by atoms with Crippen LogP contribution in [-0.2, 0) is 26.1 Å². The SMILES string of the molecule is COC(=O)C1CCCC1S(=O)(=O)NCc1ncn[nH]1. The number of H-pyrrole nitrogens is 1. The number of methoxy groups -OCH3 is 1. The molecule has 0 spiro atoms. The Morgan fingerprint density at radius 1 is 1.58 bits per heavy atom. The quantitative estimate of drug-likeness (QED) is 0.710. The van der Waals surface area contributed by atoms with Gasteiger partial charge in [0.05, 0.1) is 24.8 Å². The second kappa shape index (κ2) is 5.66. The number of carbonyl (C=O) groups is 1. The number of ether oxygens (including phenoxy) is 1. The molecule has 1 aromatic heterocycles. The Kier molecular flexibility index (Phi) is 4.15. The molecule has 2 unspecified atom stereocenters. The summed E-state index contributed by atoms with van der Waals surface area (Å²) in [6, 6.07) is 0. The monoisotopic (exact) mass is 288 g/mol. The number of nitrogens with one attached hydrogen (secondary N) is 2. The van der Waals surface area contributed by atoms with Gasteiger partial charge < -0.3 is 4.74 Å². The van der Waals surface area contributed by atoms with Crippen LogP contribution in [0.1, 0.15) is 25.1 Å². The molecule has 2 rings (SSSR count). The highest BCUT2D eigenvalue weighted by molar-refractivity contribution is 7.90. The molecule has 0 saturated heterocycles. The van der Waals surface area contributed by atoms with E-state index < -0.39 is 27.2 Å². The molecule has 0 aliphatic heterocycles. The summed E-state index contributed by atoms with van der Waals surface area (Å²) in [5, 5.41) is 5.46. The van der Waals surface area contributed by atoms with Crippen LogP contribution in [0.4, 0.5) is 0 Å². The number of rotatable bonds is 5. The van der Waals surface area contributed by atoms with Crippen LogP contribution in [0.2, 0.25) is 0 Å². The molecule has 19 heavy (non-hydrogen) atoms. The Morgan fingerprint density at radius 3 is 3.00 bits per heavy atom. The van der Waals surface area contributed by atoms with Gasteiger partial charge in [-0.3, -0.25) is 9.89 Å². The molecule has 0 radical (unpaired) electrons. The summed E-state index contributed by atoms with van der Waals surface area (Å²) in [5.74, 6) is -0.624. The Balaban J connectivity index is 2.04. The van der Waals surface area contributed by atoms with Crippen LogP contribution in [0.15, 0.2) is 6.33 Å².